The van der Waals surface area contributed by atoms with E-state index in [1.165, 1.54) is 44.1 Å². The molecule has 3 nitrogen and oxygen atoms in total. The number of fused-ring (bicyclic) bond motifs is 1. The Labute approximate surface area is 101 Å². The molecular weight excluding hydrogens is 214 g/mol. The lowest BCUT2D eigenvalue weighted by atomic mass is 9.92. The minimum absolute atomic E-state index is 0.206. The topological polar surface area (TPSA) is 39.2 Å². The molecule has 1 saturated carbocycles. The third kappa shape index (κ3) is 2.06. The van der Waals surface area contributed by atoms with Crippen LogP contribution in [-0.2, 0) is 11.3 Å². The van der Waals surface area contributed by atoms with E-state index < -0.39 is 0 Å². The fourth-order valence-corrected chi connectivity index (χ4v) is 2.85. The van der Waals surface area contributed by atoms with Crippen LogP contribution in [0.5, 0.6) is 0 Å². The number of carbonyl (C=O) groups is 1. The highest BCUT2D eigenvalue weighted by atomic mass is 16.5. The van der Waals surface area contributed by atoms with Crippen LogP contribution < -0.4 is 0 Å². The zero-order valence-electron chi connectivity index (χ0n) is 9.95. The van der Waals surface area contributed by atoms with Gasteiger partial charge in [-0.2, -0.15) is 0 Å². The molecule has 0 atom stereocenters. The molecule has 90 valence electrons. The molecule has 17 heavy (non-hydrogen) atoms. The second-order valence-electron chi connectivity index (χ2n) is 5.03. The predicted octanol–water partition coefficient (Wildman–Crippen LogP) is 3.19. The summed E-state index contributed by atoms with van der Waals surface area (Å²) in [6.07, 6.45) is 9.69. The molecule has 1 aliphatic heterocycles. The molecule has 0 amide bonds. The van der Waals surface area contributed by atoms with Gasteiger partial charge >= 0.3 is 5.97 Å². The molecular formula is C14H17NO2. The van der Waals surface area contributed by atoms with E-state index in [0.29, 0.717) is 18.1 Å². The Balaban J connectivity index is 1.88. The Kier molecular flexibility index (Phi) is 2.83. The van der Waals surface area contributed by atoms with E-state index in [2.05, 4.69) is 4.98 Å². The maximum absolute atomic E-state index is 11.5. The van der Waals surface area contributed by atoms with Gasteiger partial charge < -0.3 is 4.74 Å². The summed E-state index contributed by atoms with van der Waals surface area (Å²) < 4.78 is 4.99. The average Bonchev–Trinajstić information content (AvgIpc) is 2.58. The number of hydrogen-bond donors (Lipinski definition) is 0. The largest absolute Gasteiger partial charge is 0.456 e. The molecule has 0 radical (unpaired) electrons. The summed E-state index contributed by atoms with van der Waals surface area (Å²) in [5.41, 5.74) is 2.71. The van der Waals surface area contributed by atoms with Gasteiger partial charge in [-0.1, -0.05) is 25.7 Å². The maximum Gasteiger partial charge on any atom is 0.340 e. The van der Waals surface area contributed by atoms with Crippen LogP contribution in [0.1, 0.15) is 66.1 Å². The number of nitrogens with zero attached hydrogens (tertiary/aromatic N) is 1. The van der Waals surface area contributed by atoms with Crippen LogP contribution in [0.3, 0.4) is 0 Å². The molecule has 1 aromatic rings. The Morgan fingerprint density at radius 1 is 1.18 bits per heavy atom. The fourth-order valence-electron chi connectivity index (χ4n) is 2.85. The Morgan fingerprint density at radius 3 is 2.71 bits per heavy atom. The highest BCUT2D eigenvalue weighted by Crippen LogP contribution is 2.32. The van der Waals surface area contributed by atoms with Gasteiger partial charge in [0.15, 0.2) is 0 Å². The first-order chi connectivity index (χ1) is 8.34. The summed E-state index contributed by atoms with van der Waals surface area (Å²) in [5.74, 6) is 0.381. The van der Waals surface area contributed by atoms with Gasteiger partial charge in [-0.25, -0.2) is 4.79 Å². The summed E-state index contributed by atoms with van der Waals surface area (Å²) in [4.78, 5) is 15.9. The molecule has 1 aromatic heterocycles. The van der Waals surface area contributed by atoms with Gasteiger partial charge in [0.2, 0.25) is 0 Å². The first kappa shape index (κ1) is 10.8. The monoisotopic (exact) mass is 231 g/mol. The van der Waals surface area contributed by atoms with Gasteiger partial charge in [0.05, 0.1) is 11.3 Å². The molecule has 2 aliphatic rings. The Bertz CT molecular complexity index is 434. The van der Waals surface area contributed by atoms with Crippen molar-refractivity contribution in [3.8, 4) is 0 Å². The molecule has 3 heteroatoms. The van der Waals surface area contributed by atoms with Gasteiger partial charge in [-0.15, -0.1) is 0 Å². The number of ether oxygens (including phenoxy) is 1. The van der Waals surface area contributed by atoms with Crippen molar-refractivity contribution >= 4 is 5.97 Å². The molecule has 0 unspecified atom stereocenters. The van der Waals surface area contributed by atoms with Crippen molar-refractivity contribution < 1.29 is 9.53 Å². The third-order valence-electron chi connectivity index (χ3n) is 3.88. The lowest BCUT2D eigenvalue weighted by molar-refractivity contribution is 0.0533. The highest BCUT2D eigenvalue weighted by Gasteiger charge is 2.24. The SMILES string of the molecule is O=C1OCc2ncc(C3CCCCCC3)cc21. The van der Waals surface area contributed by atoms with Gasteiger partial charge in [0.25, 0.3) is 0 Å². The third-order valence-corrected chi connectivity index (χ3v) is 3.88. The Morgan fingerprint density at radius 2 is 1.94 bits per heavy atom. The van der Waals surface area contributed by atoms with E-state index >= 15 is 0 Å². The van der Waals surface area contributed by atoms with E-state index in [0.717, 1.165) is 5.69 Å². The van der Waals surface area contributed by atoms with Crippen LogP contribution in [0.15, 0.2) is 12.3 Å². The second-order valence-corrected chi connectivity index (χ2v) is 5.03. The number of carbonyl (C=O) groups excluding carboxylic acids is 1. The molecule has 2 heterocycles. The minimum Gasteiger partial charge on any atom is -0.456 e. The fraction of sp³-hybridized carbons (Fsp3) is 0.571. The van der Waals surface area contributed by atoms with Crippen molar-refractivity contribution in [2.45, 2.75) is 51.0 Å². The summed E-state index contributed by atoms with van der Waals surface area (Å²) in [7, 11) is 0. The summed E-state index contributed by atoms with van der Waals surface area (Å²) in [6.45, 7) is 0.346. The number of aromatic nitrogens is 1. The van der Waals surface area contributed by atoms with Gasteiger partial charge in [0.1, 0.15) is 6.61 Å². The molecule has 3 rings (SSSR count). The van der Waals surface area contributed by atoms with Gasteiger partial charge in [-0.05, 0) is 30.4 Å². The van der Waals surface area contributed by atoms with E-state index in [1.54, 1.807) is 0 Å². The number of hydrogen-bond acceptors (Lipinski definition) is 3. The minimum atomic E-state index is -0.206. The van der Waals surface area contributed by atoms with E-state index in [1.807, 2.05) is 12.3 Å². The molecule has 0 aromatic carbocycles. The molecule has 0 bridgehead atoms. The summed E-state index contributed by atoms with van der Waals surface area (Å²) >= 11 is 0. The van der Waals surface area contributed by atoms with Crippen LogP contribution in [0.4, 0.5) is 0 Å². The van der Waals surface area contributed by atoms with Crippen molar-refractivity contribution in [1.29, 1.82) is 0 Å². The smallest absolute Gasteiger partial charge is 0.340 e. The van der Waals surface area contributed by atoms with Crippen LogP contribution in [-0.4, -0.2) is 11.0 Å². The van der Waals surface area contributed by atoms with Crippen molar-refractivity contribution in [3.63, 3.8) is 0 Å². The maximum atomic E-state index is 11.5. The van der Waals surface area contributed by atoms with Crippen molar-refractivity contribution in [2.24, 2.45) is 0 Å². The van der Waals surface area contributed by atoms with Crippen molar-refractivity contribution in [3.05, 3.63) is 29.1 Å². The lowest BCUT2D eigenvalue weighted by Crippen LogP contribution is -2.02. The van der Waals surface area contributed by atoms with Gasteiger partial charge in [0, 0.05) is 6.20 Å². The molecule has 1 aliphatic carbocycles. The summed E-state index contributed by atoms with van der Waals surface area (Å²) in [5, 5.41) is 0. The number of esters is 1. The quantitative estimate of drug-likeness (QED) is 0.550. The van der Waals surface area contributed by atoms with Crippen LogP contribution in [0, 0.1) is 0 Å². The van der Waals surface area contributed by atoms with E-state index in [9.17, 15) is 4.79 Å². The van der Waals surface area contributed by atoms with Crippen LogP contribution in [0.25, 0.3) is 0 Å². The standard InChI is InChI=1S/C14H17NO2/c16-14-12-7-11(8-15-13(12)9-17-14)10-5-3-1-2-4-6-10/h7-8,10H,1-6,9H2. The van der Waals surface area contributed by atoms with Gasteiger partial charge in [-0.3, -0.25) is 4.98 Å². The average molecular weight is 231 g/mol. The first-order valence-corrected chi connectivity index (χ1v) is 6.50. The van der Waals surface area contributed by atoms with E-state index in [-0.39, 0.29) is 5.97 Å². The zero-order valence-corrected chi connectivity index (χ0v) is 9.95. The highest BCUT2D eigenvalue weighted by molar-refractivity contribution is 5.92. The van der Waals surface area contributed by atoms with Crippen LogP contribution >= 0.6 is 0 Å². The zero-order chi connectivity index (χ0) is 11.7. The Hall–Kier alpha value is -1.38. The molecule has 0 spiro atoms. The van der Waals surface area contributed by atoms with Crippen molar-refractivity contribution in [1.82, 2.24) is 4.98 Å². The van der Waals surface area contributed by atoms with E-state index in [4.69, 9.17) is 4.74 Å². The predicted molar refractivity (Wildman–Crippen MR) is 63.8 cm³/mol. The normalized spacial score (nSPS) is 20.8. The number of cyclic esters (lactones) is 1. The second kappa shape index (κ2) is 4.47. The lowest BCUT2D eigenvalue weighted by Gasteiger charge is -2.14. The molecule has 0 N–H and O–H groups in total. The van der Waals surface area contributed by atoms with Crippen LogP contribution in [0.2, 0.25) is 0 Å². The number of pyridine rings is 1. The molecule has 1 fully saturated rings. The first-order valence-electron chi connectivity index (χ1n) is 6.50. The number of rotatable bonds is 1. The molecule has 0 saturated heterocycles. The van der Waals surface area contributed by atoms with Crippen molar-refractivity contribution in [2.75, 3.05) is 0 Å². The summed E-state index contributed by atoms with van der Waals surface area (Å²) in [6, 6.07) is 2.01.